The molecule has 3 N–H and O–H groups in total. The molecule has 0 saturated heterocycles. The van der Waals surface area contributed by atoms with Gasteiger partial charge >= 0.3 is 0 Å². The average molecular weight is 543 g/mol. The first-order valence-electron chi connectivity index (χ1n) is 10.6. The minimum absolute atomic E-state index is 0.0206. The van der Waals surface area contributed by atoms with Crippen LogP contribution >= 0.6 is 0 Å². The fourth-order valence-electron chi connectivity index (χ4n) is 4.34. The third-order valence-electron chi connectivity index (χ3n) is 5.84. The van der Waals surface area contributed by atoms with Gasteiger partial charge in [0.1, 0.15) is 20.4 Å². The molecule has 0 amide bonds. The minimum atomic E-state index is -4.96. The third kappa shape index (κ3) is 4.67. The zero-order valence-corrected chi connectivity index (χ0v) is 20.9. The van der Waals surface area contributed by atoms with Crippen LogP contribution in [-0.2, 0) is 30.4 Å². The topological polar surface area (TPSA) is 172 Å². The maximum Gasteiger partial charge on any atom is 0.295 e. The summed E-state index contributed by atoms with van der Waals surface area (Å²) in [5.41, 5.74) is 0. The van der Waals surface area contributed by atoms with Crippen molar-refractivity contribution < 1.29 is 43.6 Å². The standard InChI is InChI=1S/C22H22O10S3/c1-2-3-4-5-10-32-17-11-18(33(23,24)25)14-8-9-16-20(35(29,30)31)12-19(34(26,27)28)15-7-6-13(17)21(14)22(15)16/h6-9,11-12H,2-5,10H2,1H3,(H,23,24,25)(H,26,27,28)(H,29,30,31). The minimum Gasteiger partial charge on any atom is -0.493 e. The van der Waals surface area contributed by atoms with E-state index >= 15 is 0 Å². The van der Waals surface area contributed by atoms with Crippen molar-refractivity contribution >= 4 is 62.7 Å². The highest BCUT2D eigenvalue weighted by Gasteiger charge is 2.28. The molecule has 0 radical (unpaired) electrons. The molecule has 0 unspecified atom stereocenters. The van der Waals surface area contributed by atoms with E-state index in [2.05, 4.69) is 0 Å². The molecule has 0 saturated carbocycles. The van der Waals surface area contributed by atoms with Gasteiger partial charge in [0.05, 0.1) is 6.61 Å². The van der Waals surface area contributed by atoms with E-state index in [1.165, 1.54) is 24.3 Å². The molecule has 0 spiro atoms. The monoisotopic (exact) mass is 542 g/mol. The second-order valence-corrected chi connectivity index (χ2v) is 12.3. The molecular formula is C22H22O10S3. The van der Waals surface area contributed by atoms with Crippen LogP contribution in [-0.4, -0.2) is 45.5 Å². The summed E-state index contributed by atoms with van der Waals surface area (Å²) in [5.74, 6) is 0.0849. The van der Waals surface area contributed by atoms with Gasteiger partial charge < -0.3 is 4.74 Å². The maximum atomic E-state index is 12.2. The molecule has 0 heterocycles. The molecule has 13 heteroatoms. The number of rotatable bonds is 9. The summed E-state index contributed by atoms with van der Waals surface area (Å²) in [5, 5.41) is 0.157. The van der Waals surface area contributed by atoms with Crippen molar-refractivity contribution in [3.05, 3.63) is 36.4 Å². The van der Waals surface area contributed by atoms with Crippen molar-refractivity contribution in [2.45, 2.75) is 47.3 Å². The maximum absolute atomic E-state index is 12.2. The fourth-order valence-corrected chi connectivity index (χ4v) is 6.54. The van der Waals surface area contributed by atoms with E-state index < -0.39 is 45.0 Å². The second-order valence-electron chi connectivity index (χ2n) is 8.15. The highest BCUT2D eigenvalue weighted by molar-refractivity contribution is 7.87. The number of hydrogen-bond donors (Lipinski definition) is 3. The first-order valence-corrected chi connectivity index (χ1v) is 14.9. The lowest BCUT2D eigenvalue weighted by Gasteiger charge is -2.19. The Morgan fingerprint density at radius 2 is 1.06 bits per heavy atom. The first kappa shape index (κ1) is 25.5. The summed E-state index contributed by atoms with van der Waals surface area (Å²) in [6.07, 6.45) is 3.53. The molecular weight excluding hydrogens is 520 g/mol. The van der Waals surface area contributed by atoms with Gasteiger partial charge in [-0.2, -0.15) is 25.3 Å². The molecule has 35 heavy (non-hydrogen) atoms. The number of ether oxygens (including phenoxy) is 1. The van der Waals surface area contributed by atoms with Crippen LogP contribution in [0.4, 0.5) is 0 Å². The van der Waals surface area contributed by atoms with Gasteiger partial charge in [-0.3, -0.25) is 13.7 Å². The van der Waals surface area contributed by atoms with E-state index in [0.717, 1.165) is 25.3 Å². The van der Waals surface area contributed by atoms with E-state index in [1.807, 2.05) is 6.92 Å². The molecule has 4 rings (SSSR count). The van der Waals surface area contributed by atoms with E-state index in [9.17, 15) is 38.9 Å². The van der Waals surface area contributed by atoms with Crippen molar-refractivity contribution in [3.63, 3.8) is 0 Å². The SMILES string of the molecule is CCCCCCOc1cc(S(=O)(=O)O)c2ccc3c(S(=O)(=O)O)cc(S(=O)(=O)O)c4ccc1c2c43. The largest absolute Gasteiger partial charge is 0.493 e. The van der Waals surface area contributed by atoms with Gasteiger partial charge in [-0.15, -0.1) is 0 Å². The number of unbranched alkanes of at least 4 members (excludes halogenated alkanes) is 3. The molecule has 0 aliphatic heterocycles. The molecule has 0 aliphatic carbocycles. The van der Waals surface area contributed by atoms with E-state index in [-0.39, 0.29) is 39.3 Å². The van der Waals surface area contributed by atoms with Gasteiger partial charge in [0.15, 0.2) is 0 Å². The van der Waals surface area contributed by atoms with Gasteiger partial charge in [-0.25, -0.2) is 0 Å². The highest BCUT2D eigenvalue weighted by Crippen LogP contribution is 2.45. The molecule has 0 aromatic heterocycles. The summed E-state index contributed by atoms with van der Waals surface area (Å²) >= 11 is 0. The first-order chi connectivity index (χ1) is 16.2. The summed E-state index contributed by atoms with van der Waals surface area (Å²) < 4.78 is 108. The average Bonchev–Trinajstić information content (AvgIpc) is 2.74. The smallest absolute Gasteiger partial charge is 0.295 e. The fraction of sp³-hybridized carbons (Fsp3) is 0.273. The Morgan fingerprint density at radius 3 is 1.51 bits per heavy atom. The quantitative estimate of drug-likeness (QED) is 0.157. The van der Waals surface area contributed by atoms with Gasteiger partial charge in [0.2, 0.25) is 0 Å². The van der Waals surface area contributed by atoms with Crippen LogP contribution in [0.2, 0.25) is 0 Å². The normalized spacial score (nSPS) is 13.3. The van der Waals surface area contributed by atoms with Crippen LogP contribution in [0.3, 0.4) is 0 Å². The van der Waals surface area contributed by atoms with E-state index in [1.54, 1.807) is 0 Å². The molecule has 4 aromatic carbocycles. The zero-order valence-electron chi connectivity index (χ0n) is 18.4. The van der Waals surface area contributed by atoms with Gasteiger partial charge in [0.25, 0.3) is 30.4 Å². The van der Waals surface area contributed by atoms with Gasteiger partial charge in [-0.05, 0) is 18.6 Å². The third-order valence-corrected chi connectivity index (χ3v) is 8.52. The Balaban J connectivity index is 2.17. The van der Waals surface area contributed by atoms with Gasteiger partial charge in [0, 0.05) is 38.4 Å². The second kappa shape index (κ2) is 8.84. The number of benzene rings is 4. The van der Waals surface area contributed by atoms with Crippen molar-refractivity contribution in [1.82, 2.24) is 0 Å². The molecule has 4 aromatic rings. The lowest BCUT2D eigenvalue weighted by Crippen LogP contribution is -2.07. The summed E-state index contributed by atoms with van der Waals surface area (Å²) in [6, 6.07) is 7.03. The Morgan fingerprint density at radius 1 is 0.629 bits per heavy atom. The lowest BCUT2D eigenvalue weighted by molar-refractivity contribution is 0.308. The van der Waals surface area contributed by atoms with Crippen LogP contribution in [0.25, 0.3) is 32.3 Å². The molecule has 0 aliphatic rings. The van der Waals surface area contributed by atoms with Crippen LogP contribution < -0.4 is 4.74 Å². The Bertz CT molecular complexity index is 1720. The molecule has 10 nitrogen and oxygen atoms in total. The van der Waals surface area contributed by atoms with Crippen LogP contribution in [0, 0.1) is 0 Å². The zero-order chi connectivity index (χ0) is 25.8. The van der Waals surface area contributed by atoms with Crippen LogP contribution in [0.5, 0.6) is 5.75 Å². The summed E-state index contributed by atoms with van der Waals surface area (Å²) in [6.45, 7) is 2.28. The molecule has 0 bridgehead atoms. The predicted octanol–water partition coefficient (Wildman–Crippen LogP) is 4.28. The Kier molecular flexibility index (Phi) is 6.45. The van der Waals surface area contributed by atoms with Crippen molar-refractivity contribution in [1.29, 1.82) is 0 Å². The lowest BCUT2D eigenvalue weighted by atomic mass is 9.93. The summed E-state index contributed by atoms with van der Waals surface area (Å²) in [7, 11) is -14.7. The van der Waals surface area contributed by atoms with E-state index in [0.29, 0.717) is 17.9 Å². The molecule has 0 fully saturated rings. The molecule has 188 valence electrons. The Hall–Kier alpha value is -2.55. The van der Waals surface area contributed by atoms with Crippen LogP contribution in [0.15, 0.2) is 51.1 Å². The van der Waals surface area contributed by atoms with E-state index in [4.69, 9.17) is 4.74 Å². The molecule has 0 atom stereocenters. The van der Waals surface area contributed by atoms with Crippen molar-refractivity contribution in [3.8, 4) is 5.75 Å². The summed E-state index contributed by atoms with van der Waals surface area (Å²) in [4.78, 5) is -2.09. The Labute approximate surface area is 202 Å². The highest BCUT2D eigenvalue weighted by atomic mass is 32.2. The van der Waals surface area contributed by atoms with Crippen molar-refractivity contribution in [2.75, 3.05) is 6.61 Å². The van der Waals surface area contributed by atoms with Gasteiger partial charge in [-0.1, -0.05) is 44.4 Å². The van der Waals surface area contributed by atoms with Crippen molar-refractivity contribution in [2.24, 2.45) is 0 Å². The predicted molar refractivity (Wildman–Crippen MR) is 129 cm³/mol. The number of hydrogen-bond acceptors (Lipinski definition) is 7. The van der Waals surface area contributed by atoms with Crippen LogP contribution in [0.1, 0.15) is 32.6 Å².